The van der Waals surface area contributed by atoms with E-state index < -0.39 is 0 Å². The van der Waals surface area contributed by atoms with Gasteiger partial charge in [-0.3, -0.25) is 14.5 Å². The van der Waals surface area contributed by atoms with Crippen molar-refractivity contribution in [1.29, 1.82) is 0 Å². The molecule has 0 radical (unpaired) electrons. The SMILES string of the molecule is COc1ccc(OC)c([C@H]2SCC(=O)N(CC(=O)NC3CC3)c3c2c(-c2ccccc2)nn3-c2ccccc2Cl)c1. The number of amides is 2. The predicted molar refractivity (Wildman–Crippen MR) is 161 cm³/mol. The fourth-order valence-corrected chi connectivity index (χ4v) is 6.48. The molecule has 2 heterocycles. The summed E-state index contributed by atoms with van der Waals surface area (Å²) < 4.78 is 13.1. The number of anilines is 1. The number of thioether (sulfide) groups is 1. The van der Waals surface area contributed by atoms with Crippen LogP contribution < -0.4 is 19.7 Å². The molecule has 4 aromatic rings. The number of rotatable bonds is 8. The molecule has 0 saturated heterocycles. The Labute approximate surface area is 247 Å². The van der Waals surface area contributed by atoms with Gasteiger partial charge in [-0.1, -0.05) is 54.1 Å². The molecule has 0 bridgehead atoms. The smallest absolute Gasteiger partial charge is 0.240 e. The first-order valence-corrected chi connectivity index (χ1v) is 14.8. The molecule has 0 unspecified atom stereocenters. The summed E-state index contributed by atoms with van der Waals surface area (Å²) in [6.45, 7) is -0.130. The Bertz CT molecular complexity index is 1610. The summed E-state index contributed by atoms with van der Waals surface area (Å²) >= 11 is 8.19. The van der Waals surface area contributed by atoms with Gasteiger partial charge in [-0.15, -0.1) is 11.8 Å². The van der Waals surface area contributed by atoms with Crippen LogP contribution in [-0.2, 0) is 9.59 Å². The molecule has 2 aliphatic rings. The van der Waals surface area contributed by atoms with Gasteiger partial charge in [0.1, 0.15) is 23.9 Å². The number of nitrogens with zero attached hydrogens (tertiary/aromatic N) is 3. The summed E-state index contributed by atoms with van der Waals surface area (Å²) in [5.41, 5.74) is 3.80. The second kappa shape index (κ2) is 11.5. The van der Waals surface area contributed by atoms with Crippen LogP contribution in [0.15, 0.2) is 72.8 Å². The molecule has 210 valence electrons. The lowest BCUT2D eigenvalue weighted by molar-refractivity contribution is -0.123. The first kappa shape index (κ1) is 27.2. The molecule has 1 saturated carbocycles. The lowest BCUT2D eigenvalue weighted by atomic mass is 9.98. The van der Waals surface area contributed by atoms with Crippen molar-refractivity contribution < 1.29 is 19.1 Å². The molecule has 10 heteroatoms. The minimum absolute atomic E-state index is 0.130. The number of hydrogen-bond acceptors (Lipinski definition) is 6. The molecule has 1 N–H and O–H groups in total. The maximum atomic E-state index is 13.9. The van der Waals surface area contributed by atoms with Crippen molar-refractivity contribution in [1.82, 2.24) is 15.1 Å². The number of para-hydroxylation sites is 1. The standard InChI is InChI=1S/C31H29ClN4O4S/c1-39-21-14-15-25(40-2)22(16-21)30-28-29(19-8-4-3-5-9-19)34-36(24-11-7-6-10-23(24)32)31(28)35(27(38)18-41-30)17-26(37)33-20-12-13-20/h3-11,14-16,20,30H,12-13,17-18H2,1-2H3,(H,33,37)/t30-/m1/s1. The van der Waals surface area contributed by atoms with Crippen LogP contribution in [-0.4, -0.2) is 54.2 Å². The predicted octanol–water partition coefficient (Wildman–Crippen LogP) is 5.66. The second-order valence-corrected chi connectivity index (χ2v) is 11.4. The largest absolute Gasteiger partial charge is 0.497 e. The van der Waals surface area contributed by atoms with Crippen LogP contribution in [0.4, 0.5) is 5.82 Å². The van der Waals surface area contributed by atoms with E-state index >= 15 is 0 Å². The third kappa shape index (κ3) is 5.39. The first-order valence-electron chi connectivity index (χ1n) is 13.3. The summed E-state index contributed by atoms with van der Waals surface area (Å²) in [7, 11) is 3.24. The zero-order valence-corrected chi connectivity index (χ0v) is 24.2. The van der Waals surface area contributed by atoms with Crippen molar-refractivity contribution in [3.8, 4) is 28.4 Å². The van der Waals surface area contributed by atoms with E-state index in [4.69, 9.17) is 26.2 Å². The molecule has 8 nitrogen and oxygen atoms in total. The van der Waals surface area contributed by atoms with E-state index in [-0.39, 0.29) is 35.4 Å². The van der Waals surface area contributed by atoms with Crippen LogP contribution in [0.25, 0.3) is 16.9 Å². The topological polar surface area (TPSA) is 85.7 Å². The number of hydrogen-bond donors (Lipinski definition) is 1. The van der Waals surface area contributed by atoms with E-state index in [1.54, 1.807) is 29.9 Å². The summed E-state index contributed by atoms with van der Waals surface area (Å²) in [5.74, 6) is 1.58. The Morgan fingerprint density at radius 1 is 1.05 bits per heavy atom. The Morgan fingerprint density at radius 3 is 2.51 bits per heavy atom. The molecule has 1 aromatic heterocycles. The highest BCUT2D eigenvalue weighted by atomic mass is 35.5. The van der Waals surface area contributed by atoms with E-state index in [0.717, 1.165) is 29.5 Å². The van der Waals surface area contributed by atoms with Crippen LogP contribution in [0.1, 0.15) is 29.2 Å². The van der Waals surface area contributed by atoms with E-state index in [1.807, 2.05) is 66.7 Å². The molecule has 1 aliphatic carbocycles. The van der Waals surface area contributed by atoms with Crippen molar-refractivity contribution in [2.24, 2.45) is 0 Å². The molecule has 3 aromatic carbocycles. The fourth-order valence-electron chi connectivity index (χ4n) is 5.05. The van der Waals surface area contributed by atoms with Crippen LogP contribution in [0.5, 0.6) is 11.5 Å². The number of ether oxygens (including phenoxy) is 2. The highest BCUT2D eigenvalue weighted by molar-refractivity contribution is 8.00. The summed E-state index contributed by atoms with van der Waals surface area (Å²) in [5, 5.41) is 8.22. The number of carbonyl (C=O) groups excluding carboxylic acids is 2. The van der Waals surface area contributed by atoms with Crippen molar-refractivity contribution in [3.63, 3.8) is 0 Å². The number of nitrogens with one attached hydrogen (secondary N) is 1. The third-order valence-electron chi connectivity index (χ3n) is 7.18. The minimum Gasteiger partial charge on any atom is -0.497 e. The molecular formula is C31H29ClN4O4S. The van der Waals surface area contributed by atoms with Crippen LogP contribution in [0.2, 0.25) is 5.02 Å². The molecule has 1 fully saturated rings. The Kier molecular flexibility index (Phi) is 7.64. The van der Waals surface area contributed by atoms with Gasteiger partial charge in [-0.05, 0) is 43.2 Å². The van der Waals surface area contributed by atoms with Crippen LogP contribution in [0, 0.1) is 0 Å². The van der Waals surface area contributed by atoms with Gasteiger partial charge < -0.3 is 14.8 Å². The lowest BCUT2D eigenvalue weighted by Crippen LogP contribution is -2.43. The molecule has 41 heavy (non-hydrogen) atoms. The number of fused-ring (bicyclic) bond motifs is 1. The number of benzene rings is 3. The summed E-state index contributed by atoms with van der Waals surface area (Å²) in [4.78, 5) is 28.6. The Balaban J connectivity index is 1.64. The quantitative estimate of drug-likeness (QED) is 0.286. The molecule has 1 atom stereocenters. The number of methoxy groups -OCH3 is 2. The second-order valence-electron chi connectivity index (χ2n) is 9.94. The van der Waals surface area contributed by atoms with Gasteiger partial charge >= 0.3 is 0 Å². The van der Waals surface area contributed by atoms with E-state index in [1.165, 1.54) is 11.8 Å². The Morgan fingerprint density at radius 2 is 1.80 bits per heavy atom. The van der Waals surface area contributed by atoms with Gasteiger partial charge in [0.15, 0.2) is 0 Å². The van der Waals surface area contributed by atoms with Gasteiger partial charge in [-0.25, -0.2) is 4.68 Å². The minimum atomic E-state index is -0.373. The van der Waals surface area contributed by atoms with Crippen molar-refractivity contribution in [2.45, 2.75) is 24.1 Å². The molecule has 1 aliphatic heterocycles. The fraction of sp³-hybridized carbons (Fsp3) is 0.258. The zero-order valence-electron chi connectivity index (χ0n) is 22.7. The maximum absolute atomic E-state index is 13.9. The number of carbonyl (C=O) groups is 2. The van der Waals surface area contributed by atoms with Crippen molar-refractivity contribution >= 4 is 41.0 Å². The highest BCUT2D eigenvalue weighted by Crippen LogP contribution is 2.51. The number of halogens is 1. The first-order chi connectivity index (χ1) is 20.0. The summed E-state index contributed by atoms with van der Waals surface area (Å²) in [6.07, 6.45) is 1.91. The average molecular weight is 589 g/mol. The average Bonchev–Trinajstić information content (AvgIpc) is 3.75. The zero-order chi connectivity index (χ0) is 28.5. The summed E-state index contributed by atoms with van der Waals surface area (Å²) in [6, 6.07) is 23.0. The van der Waals surface area contributed by atoms with Crippen molar-refractivity contribution in [2.75, 3.05) is 31.4 Å². The normalized spacial score (nSPS) is 16.6. The highest BCUT2D eigenvalue weighted by Gasteiger charge is 2.39. The molecule has 2 amide bonds. The van der Waals surface area contributed by atoms with Gasteiger partial charge in [0, 0.05) is 22.7 Å². The molecule has 6 rings (SSSR count). The number of aromatic nitrogens is 2. The van der Waals surface area contributed by atoms with Crippen LogP contribution >= 0.6 is 23.4 Å². The lowest BCUT2D eigenvalue weighted by Gasteiger charge is -2.24. The van der Waals surface area contributed by atoms with Gasteiger partial charge in [0.25, 0.3) is 0 Å². The molecular weight excluding hydrogens is 560 g/mol. The van der Waals surface area contributed by atoms with Gasteiger partial charge in [-0.2, -0.15) is 5.10 Å². The van der Waals surface area contributed by atoms with E-state index in [2.05, 4.69) is 5.32 Å². The van der Waals surface area contributed by atoms with Gasteiger partial charge in [0.05, 0.1) is 41.6 Å². The van der Waals surface area contributed by atoms with Gasteiger partial charge in [0.2, 0.25) is 11.8 Å². The maximum Gasteiger partial charge on any atom is 0.240 e. The monoisotopic (exact) mass is 588 g/mol. The van der Waals surface area contributed by atoms with E-state index in [9.17, 15) is 9.59 Å². The van der Waals surface area contributed by atoms with E-state index in [0.29, 0.717) is 33.7 Å². The Hall–Kier alpha value is -3.95. The third-order valence-corrected chi connectivity index (χ3v) is 8.74. The molecule has 0 spiro atoms. The van der Waals surface area contributed by atoms with Crippen molar-refractivity contribution in [3.05, 3.63) is 88.9 Å². The van der Waals surface area contributed by atoms with Crippen LogP contribution in [0.3, 0.4) is 0 Å².